The first-order valence-electron chi connectivity index (χ1n) is 10.8. The highest BCUT2D eigenvalue weighted by molar-refractivity contribution is 5.95. The second-order valence-electron chi connectivity index (χ2n) is 8.77. The Bertz CT molecular complexity index is 1190. The van der Waals surface area contributed by atoms with E-state index in [1.54, 1.807) is 17.9 Å². The van der Waals surface area contributed by atoms with Crippen molar-refractivity contribution in [3.63, 3.8) is 0 Å². The number of carbonyl (C=O) groups excluding carboxylic acids is 1. The van der Waals surface area contributed by atoms with Crippen molar-refractivity contribution in [1.29, 1.82) is 0 Å². The summed E-state index contributed by atoms with van der Waals surface area (Å²) in [5.74, 6) is -0.780. The minimum atomic E-state index is -2.75. The van der Waals surface area contributed by atoms with Crippen molar-refractivity contribution in [2.24, 2.45) is 5.92 Å². The SMILES string of the molecule is Cc1nc(C2CC2)cc(C(=O)N2CC[C@@H](C)[C@H](c3cc(C(F)F)nc4ncnn34)C2)c1F. The molecular weight excluding hydrogens is 421 g/mol. The standard InChI is InChI=1S/C22H23F3N6O/c1-11-5-6-30(21(32)14-7-16(13-3-4-13)28-12(2)19(14)23)9-15(11)18-8-17(20(24)25)29-22-26-10-27-31(18)22/h7-8,10-11,13,15,20H,3-6,9H2,1-2H3/t11-,15-/m1/s1. The van der Waals surface area contributed by atoms with E-state index in [0.29, 0.717) is 24.6 Å². The van der Waals surface area contributed by atoms with E-state index in [1.165, 1.54) is 16.9 Å². The Balaban J connectivity index is 1.49. The number of nitrogens with zero attached hydrogens (tertiary/aromatic N) is 6. The molecule has 1 saturated carbocycles. The second-order valence-corrected chi connectivity index (χ2v) is 8.77. The van der Waals surface area contributed by atoms with E-state index in [4.69, 9.17) is 0 Å². The van der Waals surface area contributed by atoms with Crippen LogP contribution < -0.4 is 0 Å². The molecule has 10 heteroatoms. The average Bonchev–Trinajstić information content (AvgIpc) is 3.51. The third-order valence-corrected chi connectivity index (χ3v) is 6.52. The maximum atomic E-state index is 14.9. The van der Waals surface area contributed by atoms with Crippen LogP contribution in [0.2, 0.25) is 0 Å². The topological polar surface area (TPSA) is 76.3 Å². The summed E-state index contributed by atoms with van der Waals surface area (Å²) in [5.41, 5.74) is 1.16. The van der Waals surface area contributed by atoms with Crippen molar-refractivity contribution in [1.82, 2.24) is 29.5 Å². The van der Waals surface area contributed by atoms with E-state index < -0.39 is 18.1 Å². The molecule has 2 aliphatic rings. The van der Waals surface area contributed by atoms with Gasteiger partial charge in [-0.15, -0.1) is 0 Å². The molecule has 1 saturated heterocycles. The molecule has 1 aliphatic heterocycles. The van der Waals surface area contributed by atoms with Gasteiger partial charge in [-0.3, -0.25) is 9.78 Å². The van der Waals surface area contributed by atoms with E-state index >= 15 is 0 Å². The summed E-state index contributed by atoms with van der Waals surface area (Å²) in [6.45, 7) is 4.31. The Labute approximate surface area is 182 Å². The number of aryl methyl sites for hydroxylation is 1. The first-order chi connectivity index (χ1) is 15.3. The zero-order valence-corrected chi connectivity index (χ0v) is 17.8. The number of pyridine rings is 1. The summed E-state index contributed by atoms with van der Waals surface area (Å²) >= 11 is 0. The summed E-state index contributed by atoms with van der Waals surface area (Å²) in [5, 5.41) is 4.15. The Morgan fingerprint density at radius 1 is 1.19 bits per heavy atom. The maximum absolute atomic E-state index is 14.9. The van der Waals surface area contributed by atoms with E-state index in [2.05, 4.69) is 20.1 Å². The predicted molar refractivity (Wildman–Crippen MR) is 109 cm³/mol. The highest BCUT2D eigenvalue weighted by Crippen LogP contribution is 2.40. The van der Waals surface area contributed by atoms with Gasteiger partial charge in [-0.1, -0.05) is 6.92 Å². The Morgan fingerprint density at radius 3 is 2.69 bits per heavy atom. The lowest BCUT2D eigenvalue weighted by Crippen LogP contribution is -2.43. The van der Waals surface area contributed by atoms with E-state index in [9.17, 15) is 18.0 Å². The van der Waals surface area contributed by atoms with Crippen LogP contribution in [0, 0.1) is 18.7 Å². The highest BCUT2D eigenvalue weighted by Gasteiger charge is 2.35. The van der Waals surface area contributed by atoms with Crippen LogP contribution in [-0.4, -0.2) is 48.5 Å². The molecule has 0 unspecified atom stereocenters. The molecule has 0 spiro atoms. The molecule has 5 rings (SSSR count). The number of alkyl halides is 2. The molecule has 3 aromatic heterocycles. The molecule has 2 atom stereocenters. The summed E-state index contributed by atoms with van der Waals surface area (Å²) in [6, 6.07) is 2.91. The fourth-order valence-electron chi connectivity index (χ4n) is 4.46. The van der Waals surface area contributed by atoms with Crippen molar-refractivity contribution >= 4 is 11.7 Å². The van der Waals surface area contributed by atoms with Gasteiger partial charge >= 0.3 is 0 Å². The first kappa shape index (κ1) is 20.8. The van der Waals surface area contributed by atoms with Gasteiger partial charge in [-0.25, -0.2) is 22.7 Å². The first-order valence-corrected chi connectivity index (χ1v) is 10.8. The summed E-state index contributed by atoms with van der Waals surface area (Å²) < 4.78 is 43.2. The van der Waals surface area contributed by atoms with Gasteiger partial charge < -0.3 is 4.90 Å². The van der Waals surface area contributed by atoms with Crippen LogP contribution in [0.4, 0.5) is 13.2 Å². The fourth-order valence-corrected chi connectivity index (χ4v) is 4.46. The minimum Gasteiger partial charge on any atom is -0.338 e. The number of carbonyl (C=O) groups is 1. The molecule has 0 aromatic carbocycles. The Morgan fingerprint density at radius 2 is 1.97 bits per heavy atom. The summed E-state index contributed by atoms with van der Waals surface area (Å²) in [6.07, 6.45) is 1.17. The molecule has 1 amide bonds. The molecule has 168 valence electrons. The molecule has 0 radical (unpaired) electrons. The van der Waals surface area contributed by atoms with Crippen molar-refractivity contribution in [3.8, 4) is 0 Å². The van der Waals surface area contributed by atoms with Gasteiger partial charge in [0, 0.05) is 30.6 Å². The summed E-state index contributed by atoms with van der Waals surface area (Å²) in [4.78, 5) is 27.1. The number of halogens is 3. The van der Waals surface area contributed by atoms with Crippen molar-refractivity contribution in [3.05, 3.63) is 52.6 Å². The van der Waals surface area contributed by atoms with Crippen LogP contribution in [0.5, 0.6) is 0 Å². The third kappa shape index (κ3) is 3.61. The van der Waals surface area contributed by atoms with Gasteiger partial charge in [-0.05, 0) is 44.2 Å². The molecule has 32 heavy (non-hydrogen) atoms. The van der Waals surface area contributed by atoms with Crippen molar-refractivity contribution in [2.75, 3.05) is 13.1 Å². The zero-order chi connectivity index (χ0) is 22.6. The smallest absolute Gasteiger partial charge is 0.280 e. The van der Waals surface area contributed by atoms with E-state index in [1.807, 2.05) is 6.92 Å². The average molecular weight is 444 g/mol. The van der Waals surface area contributed by atoms with E-state index in [-0.39, 0.29) is 41.1 Å². The predicted octanol–water partition coefficient (Wildman–Crippen LogP) is 4.05. The van der Waals surface area contributed by atoms with Crippen molar-refractivity contribution in [2.45, 2.75) is 51.4 Å². The summed E-state index contributed by atoms with van der Waals surface area (Å²) in [7, 11) is 0. The number of fused-ring (bicyclic) bond motifs is 1. The quantitative estimate of drug-likeness (QED) is 0.607. The maximum Gasteiger partial charge on any atom is 0.280 e. The van der Waals surface area contributed by atoms with Crippen LogP contribution in [0.25, 0.3) is 5.78 Å². The molecule has 3 aromatic rings. The van der Waals surface area contributed by atoms with Gasteiger partial charge in [0.25, 0.3) is 18.1 Å². The lowest BCUT2D eigenvalue weighted by molar-refractivity contribution is 0.0660. The molecule has 1 aliphatic carbocycles. The zero-order valence-electron chi connectivity index (χ0n) is 17.8. The number of amides is 1. The van der Waals surface area contributed by atoms with E-state index in [0.717, 1.165) is 18.5 Å². The van der Waals surface area contributed by atoms with Crippen LogP contribution in [0.3, 0.4) is 0 Å². The number of likely N-dealkylation sites (tertiary alicyclic amines) is 1. The van der Waals surface area contributed by atoms with Crippen LogP contribution in [-0.2, 0) is 0 Å². The van der Waals surface area contributed by atoms with Gasteiger partial charge in [0.15, 0.2) is 5.82 Å². The lowest BCUT2D eigenvalue weighted by Gasteiger charge is -2.37. The monoisotopic (exact) mass is 444 g/mol. The van der Waals surface area contributed by atoms with Crippen molar-refractivity contribution < 1.29 is 18.0 Å². The van der Waals surface area contributed by atoms with Gasteiger partial charge in [0.1, 0.15) is 12.0 Å². The van der Waals surface area contributed by atoms with Crippen LogP contribution >= 0.6 is 0 Å². The largest absolute Gasteiger partial charge is 0.338 e. The third-order valence-electron chi connectivity index (χ3n) is 6.52. The van der Waals surface area contributed by atoms with Gasteiger partial charge in [0.2, 0.25) is 0 Å². The lowest BCUT2D eigenvalue weighted by atomic mass is 9.84. The molecule has 0 N–H and O–H groups in total. The number of piperidine rings is 1. The number of hydrogen-bond donors (Lipinski definition) is 0. The minimum absolute atomic E-state index is 0.0293. The Kier molecular flexibility index (Phi) is 5.10. The molecule has 4 heterocycles. The molecule has 0 bridgehead atoms. The van der Waals surface area contributed by atoms with Gasteiger partial charge in [0.05, 0.1) is 17.0 Å². The molecule has 7 nitrogen and oxygen atoms in total. The van der Waals surface area contributed by atoms with Crippen LogP contribution in [0.15, 0.2) is 18.5 Å². The molecular formula is C22H23F3N6O. The normalized spacial score (nSPS) is 21.5. The molecule has 2 fully saturated rings. The number of aromatic nitrogens is 5. The van der Waals surface area contributed by atoms with Gasteiger partial charge in [-0.2, -0.15) is 10.1 Å². The Hall–Kier alpha value is -3.04. The van der Waals surface area contributed by atoms with Crippen LogP contribution in [0.1, 0.15) is 77.6 Å². The highest BCUT2D eigenvalue weighted by atomic mass is 19.3. The number of hydrogen-bond acceptors (Lipinski definition) is 5. The number of rotatable bonds is 4. The fraction of sp³-hybridized carbons (Fsp3) is 0.500. The second kappa shape index (κ2) is 7.83.